The van der Waals surface area contributed by atoms with E-state index in [1.165, 1.54) is 6.92 Å². The van der Waals surface area contributed by atoms with Gasteiger partial charge in [-0.2, -0.15) is 0 Å². The highest BCUT2D eigenvalue weighted by atomic mass is 16.4. The molecule has 0 saturated heterocycles. The number of ketones is 2. The highest BCUT2D eigenvalue weighted by Gasteiger charge is 2.25. The van der Waals surface area contributed by atoms with Gasteiger partial charge in [-0.25, -0.2) is 0 Å². The summed E-state index contributed by atoms with van der Waals surface area (Å²) in [5.41, 5.74) is 10.8. The first-order valence-electron chi connectivity index (χ1n) is 8.26. The molecule has 4 atom stereocenters. The van der Waals surface area contributed by atoms with E-state index in [1.807, 2.05) is 0 Å². The third-order valence-corrected chi connectivity index (χ3v) is 3.94. The lowest BCUT2D eigenvalue weighted by atomic mass is 9.93. The standard InChI is InChI=1S/C16H29N3O7/c1-9(21)15(18)13(23)7-19(2)6-10(4-14(17)24)3-12(22)5-11(8-20)16(25)26/h9-11,15,20-21H,3-8,18H2,1-2H3,(H2,17,24)(H,25,26)/t9?,10-,11-,15-/m1/s1. The lowest BCUT2D eigenvalue weighted by Gasteiger charge is -2.24. The van der Waals surface area contributed by atoms with Gasteiger partial charge in [0.05, 0.1) is 31.2 Å². The van der Waals surface area contributed by atoms with Crippen LogP contribution in [0.1, 0.15) is 26.2 Å². The topological polar surface area (TPSA) is 184 Å². The molecule has 150 valence electrons. The number of carboxylic acid groups (broad SMARTS) is 1. The van der Waals surface area contributed by atoms with Crippen LogP contribution in [0.4, 0.5) is 0 Å². The molecule has 0 fully saturated rings. The van der Waals surface area contributed by atoms with Gasteiger partial charge in [0, 0.05) is 25.8 Å². The normalized spacial score (nSPS) is 15.9. The van der Waals surface area contributed by atoms with Gasteiger partial charge < -0.3 is 26.8 Å². The molecule has 1 unspecified atom stereocenters. The van der Waals surface area contributed by atoms with Crippen LogP contribution in [0.2, 0.25) is 0 Å². The molecule has 7 N–H and O–H groups in total. The number of carbonyl (C=O) groups excluding carboxylic acids is 3. The van der Waals surface area contributed by atoms with Gasteiger partial charge in [0.1, 0.15) is 5.78 Å². The van der Waals surface area contributed by atoms with Gasteiger partial charge in [-0.3, -0.25) is 24.1 Å². The molecule has 0 aromatic rings. The van der Waals surface area contributed by atoms with Crippen molar-refractivity contribution in [1.29, 1.82) is 0 Å². The van der Waals surface area contributed by atoms with Gasteiger partial charge in [-0.1, -0.05) is 0 Å². The van der Waals surface area contributed by atoms with Crippen LogP contribution in [0.5, 0.6) is 0 Å². The Hall–Kier alpha value is -1.88. The van der Waals surface area contributed by atoms with E-state index < -0.39 is 54.0 Å². The summed E-state index contributed by atoms with van der Waals surface area (Å²) in [4.78, 5) is 47.6. The minimum absolute atomic E-state index is 0.0795. The number of aliphatic hydroxyl groups is 2. The van der Waals surface area contributed by atoms with Crippen molar-refractivity contribution >= 4 is 23.4 Å². The van der Waals surface area contributed by atoms with Crippen molar-refractivity contribution < 1.29 is 34.5 Å². The Morgan fingerprint density at radius 1 is 1.12 bits per heavy atom. The quantitative estimate of drug-likeness (QED) is 0.223. The molecule has 0 aliphatic carbocycles. The first kappa shape index (κ1) is 24.1. The number of rotatable bonds is 14. The zero-order chi connectivity index (χ0) is 20.4. The molecule has 0 aromatic heterocycles. The van der Waals surface area contributed by atoms with Crippen molar-refractivity contribution in [3.63, 3.8) is 0 Å². The fourth-order valence-corrected chi connectivity index (χ4v) is 2.54. The maximum absolute atomic E-state index is 12.0. The van der Waals surface area contributed by atoms with E-state index in [1.54, 1.807) is 11.9 Å². The number of amides is 1. The number of hydrogen-bond donors (Lipinski definition) is 5. The molecule has 0 saturated carbocycles. The van der Waals surface area contributed by atoms with Gasteiger partial charge in [0.15, 0.2) is 5.78 Å². The largest absolute Gasteiger partial charge is 0.481 e. The number of Topliss-reactive ketones (excluding diaryl/α,β-unsaturated/α-hetero) is 2. The zero-order valence-corrected chi connectivity index (χ0v) is 15.1. The molecule has 0 aromatic carbocycles. The summed E-state index contributed by atoms with van der Waals surface area (Å²) in [5.74, 6) is -4.41. The van der Waals surface area contributed by atoms with E-state index >= 15 is 0 Å². The third-order valence-electron chi connectivity index (χ3n) is 3.94. The van der Waals surface area contributed by atoms with E-state index in [9.17, 15) is 24.3 Å². The van der Waals surface area contributed by atoms with E-state index in [0.29, 0.717) is 0 Å². The van der Waals surface area contributed by atoms with E-state index in [0.717, 1.165) is 0 Å². The van der Waals surface area contributed by atoms with Crippen LogP contribution in [-0.2, 0) is 19.2 Å². The Balaban J connectivity index is 4.78. The molecule has 0 heterocycles. The summed E-state index contributed by atoms with van der Waals surface area (Å²) >= 11 is 0. The molecule has 0 aliphatic heterocycles. The number of nitrogens with zero attached hydrogens (tertiary/aromatic N) is 1. The summed E-state index contributed by atoms with van der Waals surface area (Å²) in [6.07, 6.45) is -1.56. The second-order valence-corrected chi connectivity index (χ2v) is 6.63. The molecular weight excluding hydrogens is 346 g/mol. The summed E-state index contributed by atoms with van der Waals surface area (Å²) in [6, 6.07) is -1.03. The first-order chi connectivity index (χ1) is 12.0. The van der Waals surface area contributed by atoms with Crippen molar-refractivity contribution in [3.8, 4) is 0 Å². The highest BCUT2D eigenvalue weighted by Crippen LogP contribution is 2.15. The Kier molecular flexibility index (Phi) is 10.8. The molecule has 0 radical (unpaired) electrons. The molecule has 0 bridgehead atoms. The molecule has 0 spiro atoms. The monoisotopic (exact) mass is 375 g/mol. The Morgan fingerprint density at radius 2 is 1.69 bits per heavy atom. The average molecular weight is 375 g/mol. The lowest BCUT2D eigenvalue weighted by molar-refractivity contribution is -0.145. The second-order valence-electron chi connectivity index (χ2n) is 6.63. The smallest absolute Gasteiger partial charge is 0.309 e. The number of aliphatic hydroxyl groups excluding tert-OH is 2. The molecule has 26 heavy (non-hydrogen) atoms. The van der Waals surface area contributed by atoms with Crippen LogP contribution in [0.3, 0.4) is 0 Å². The van der Waals surface area contributed by atoms with Crippen LogP contribution < -0.4 is 11.5 Å². The van der Waals surface area contributed by atoms with Gasteiger partial charge in [-0.05, 0) is 19.9 Å². The predicted octanol–water partition coefficient (Wildman–Crippen LogP) is -2.27. The van der Waals surface area contributed by atoms with Crippen molar-refractivity contribution in [3.05, 3.63) is 0 Å². The molecule has 10 heteroatoms. The van der Waals surface area contributed by atoms with Gasteiger partial charge in [0.25, 0.3) is 0 Å². The summed E-state index contributed by atoms with van der Waals surface area (Å²) in [5, 5.41) is 27.2. The molecule has 0 aliphatic rings. The number of aliphatic carboxylic acids is 1. The summed E-state index contributed by atoms with van der Waals surface area (Å²) < 4.78 is 0. The number of nitrogens with two attached hydrogens (primary N) is 2. The lowest BCUT2D eigenvalue weighted by Crippen LogP contribution is -2.46. The first-order valence-corrected chi connectivity index (χ1v) is 8.26. The third kappa shape index (κ3) is 9.56. The molecule has 0 rings (SSSR count). The Labute approximate surface area is 152 Å². The van der Waals surface area contributed by atoms with Crippen molar-refractivity contribution in [2.45, 2.75) is 38.3 Å². The number of hydrogen-bond acceptors (Lipinski definition) is 8. The van der Waals surface area contributed by atoms with Gasteiger partial charge in [-0.15, -0.1) is 0 Å². The fraction of sp³-hybridized carbons (Fsp3) is 0.750. The van der Waals surface area contributed by atoms with Crippen LogP contribution in [-0.4, -0.2) is 82.6 Å². The number of likely N-dealkylation sites (N-methyl/N-ethyl adjacent to an activating group) is 1. The highest BCUT2D eigenvalue weighted by molar-refractivity contribution is 5.86. The summed E-state index contributed by atoms with van der Waals surface area (Å²) in [6.45, 7) is 0.845. The number of carbonyl (C=O) groups is 4. The zero-order valence-electron chi connectivity index (χ0n) is 15.1. The Bertz CT molecular complexity index is 510. The fourth-order valence-electron chi connectivity index (χ4n) is 2.54. The molecule has 1 amide bonds. The number of primary amides is 1. The van der Waals surface area contributed by atoms with E-state index in [2.05, 4.69) is 0 Å². The summed E-state index contributed by atoms with van der Waals surface area (Å²) in [7, 11) is 1.60. The average Bonchev–Trinajstić information content (AvgIpc) is 2.50. The van der Waals surface area contributed by atoms with Crippen molar-refractivity contribution in [2.24, 2.45) is 23.3 Å². The van der Waals surface area contributed by atoms with Gasteiger partial charge in [0.2, 0.25) is 5.91 Å². The minimum atomic E-state index is -1.28. The van der Waals surface area contributed by atoms with Crippen molar-refractivity contribution in [1.82, 2.24) is 4.90 Å². The minimum Gasteiger partial charge on any atom is -0.481 e. The van der Waals surface area contributed by atoms with Crippen LogP contribution in [0.15, 0.2) is 0 Å². The van der Waals surface area contributed by atoms with E-state index in [4.69, 9.17) is 21.7 Å². The predicted molar refractivity (Wildman–Crippen MR) is 91.9 cm³/mol. The Morgan fingerprint density at radius 3 is 2.12 bits per heavy atom. The van der Waals surface area contributed by atoms with Crippen LogP contribution in [0, 0.1) is 11.8 Å². The van der Waals surface area contributed by atoms with Crippen molar-refractivity contribution in [2.75, 3.05) is 26.7 Å². The van der Waals surface area contributed by atoms with E-state index in [-0.39, 0.29) is 32.4 Å². The maximum Gasteiger partial charge on any atom is 0.309 e. The van der Waals surface area contributed by atoms with Crippen LogP contribution in [0.25, 0.3) is 0 Å². The molecular formula is C16H29N3O7. The maximum atomic E-state index is 12.0. The van der Waals surface area contributed by atoms with Gasteiger partial charge >= 0.3 is 5.97 Å². The van der Waals surface area contributed by atoms with Crippen LogP contribution >= 0.6 is 0 Å². The number of carboxylic acids is 1. The molecule has 10 nitrogen and oxygen atoms in total. The second kappa shape index (κ2) is 11.7. The SMILES string of the molecule is CC(O)[C@@H](N)C(=O)CN(C)C[C@@H](CC(N)=O)CC(=O)C[C@H](CO)C(=O)O.